The second kappa shape index (κ2) is 9.66. The van der Waals surface area contributed by atoms with Crippen LogP contribution in [-0.4, -0.2) is 45.1 Å². The zero-order valence-electron chi connectivity index (χ0n) is 19.5. The Labute approximate surface area is 183 Å². The zero-order valence-corrected chi connectivity index (χ0v) is 20.5. The molecule has 1 aliphatic carbocycles. The fraction of sp³-hybridized carbons (Fsp3) is 0.680. The molecule has 0 amide bonds. The lowest BCUT2D eigenvalue weighted by molar-refractivity contribution is -0.118. The average molecular weight is 433 g/mol. The van der Waals surface area contributed by atoms with E-state index in [9.17, 15) is 5.11 Å². The Balaban J connectivity index is 1.72. The average Bonchev–Trinajstić information content (AvgIpc) is 3.20. The fourth-order valence-corrected chi connectivity index (χ4v) is 5.73. The molecule has 0 bridgehead atoms. The Morgan fingerprint density at radius 3 is 2.53 bits per heavy atom. The third-order valence-electron chi connectivity index (χ3n) is 7.30. The normalized spacial score (nSPS) is 30.7. The van der Waals surface area contributed by atoms with Gasteiger partial charge < -0.3 is 19.0 Å². The molecule has 5 heteroatoms. The van der Waals surface area contributed by atoms with Crippen LogP contribution >= 0.6 is 0 Å². The van der Waals surface area contributed by atoms with E-state index in [4.69, 9.17) is 13.9 Å². The van der Waals surface area contributed by atoms with Gasteiger partial charge in [0.1, 0.15) is 0 Å². The number of hydrogen-bond acceptors (Lipinski definition) is 4. The number of fused-ring (bicyclic) bond motifs is 1. The summed E-state index contributed by atoms with van der Waals surface area (Å²) in [5.74, 6) is 0.432. The van der Waals surface area contributed by atoms with E-state index in [2.05, 4.69) is 76.3 Å². The van der Waals surface area contributed by atoms with Gasteiger partial charge in [0.25, 0.3) is 0 Å². The monoisotopic (exact) mass is 432 g/mol. The summed E-state index contributed by atoms with van der Waals surface area (Å²) in [5, 5.41) is 10.8. The van der Waals surface area contributed by atoms with E-state index in [1.54, 1.807) is 7.11 Å². The highest BCUT2D eigenvalue weighted by atomic mass is 28.4. The molecule has 1 saturated heterocycles. The zero-order chi connectivity index (χ0) is 21.9. The molecule has 0 spiro atoms. The molecule has 1 aliphatic heterocycles. The summed E-state index contributed by atoms with van der Waals surface area (Å²) < 4.78 is 18.1. The van der Waals surface area contributed by atoms with Crippen LogP contribution in [0.15, 0.2) is 42.5 Å². The van der Waals surface area contributed by atoms with Gasteiger partial charge in [0.15, 0.2) is 14.6 Å². The minimum Gasteiger partial charge on any atom is -0.411 e. The number of benzene rings is 1. The van der Waals surface area contributed by atoms with Crippen LogP contribution in [0.1, 0.15) is 45.6 Å². The maximum absolute atomic E-state index is 10.6. The fourth-order valence-electron chi connectivity index (χ4n) is 4.42. The molecule has 1 aromatic carbocycles. The maximum atomic E-state index is 10.6. The van der Waals surface area contributed by atoms with E-state index >= 15 is 0 Å². The van der Waals surface area contributed by atoms with Gasteiger partial charge in [-0.15, -0.1) is 0 Å². The minimum absolute atomic E-state index is 0.0536. The van der Waals surface area contributed by atoms with Gasteiger partial charge in [0.2, 0.25) is 0 Å². The standard InChI is InChI=1S/C25H40O4Si/c1-25(2,3)30(5,6)29-19(13-12-18-10-8-7-9-11-18)14-15-20-21-16-24(27-4)28-23(21)17-22(20)26/h7-11,14-15,19-24,26H,12-13,16-17H2,1-6H3/b15-14+/t19-,20+,21+,22+,23-,24?/m0/s1. The molecule has 2 aliphatic rings. The summed E-state index contributed by atoms with van der Waals surface area (Å²) in [7, 11) is -0.208. The number of methoxy groups -OCH3 is 1. The predicted octanol–water partition coefficient (Wildman–Crippen LogP) is 5.32. The molecule has 2 fully saturated rings. The summed E-state index contributed by atoms with van der Waals surface area (Å²) in [6.07, 6.45) is 7.57. The summed E-state index contributed by atoms with van der Waals surface area (Å²) in [5.41, 5.74) is 1.34. The molecule has 0 radical (unpaired) electrons. The summed E-state index contributed by atoms with van der Waals surface area (Å²) in [6.45, 7) is 11.5. The molecule has 3 rings (SSSR count). The van der Waals surface area contributed by atoms with E-state index in [1.807, 2.05) is 0 Å². The lowest BCUT2D eigenvalue weighted by atomic mass is 9.91. The predicted molar refractivity (Wildman–Crippen MR) is 124 cm³/mol. The Bertz CT molecular complexity index is 697. The highest BCUT2D eigenvalue weighted by molar-refractivity contribution is 6.74. The Morgan fingerprint density at radius 2 is 1.90 bits per heavy atom. The van der Waals surface area contributed by atoms with Crippen LogP contribution in [0.4, 0.5) is 0 Å². The van der Waals surface area contributed by atoms with Crippen molar-refractivity contribution in [1.29, 1.82) is 0 Å². The van der Waals surface area contributed by atoms with Crippen molar-refractivity contribution in [3.05, 3.63) is 48.0 Å². The van der Waals surface area contributed by atoms with E-state index in [1.165, 1.54) is 5.56 Å². The third kappa shape index (κ3) is 5.63. The van der Waals surface area contributed by atoms with Crippen LogP contribution in [0.2, 0.25) is 18.1 Å². The Kier molecular flexibility index (Phi) is 7.62. The van der Waals surface area contributed by atoms with Gasteiger partial charge in [-0.2, -0.15) is 0 Å². The van der Waals surface area contributed by atoms with Crippen molar-refractivity contribution < 1.29 is 19.0 Å². The summed E-state index contributed by atoms with van der Waals surface area (Å²) in [6, 6.07) is 10.6. The van der Waals surface area contributed by atoms with Crippen molar-refractivity contribution in [3.8, 4) is 0 Å². The first kappa shape index (κ1) is 23.7. The molecule has 1 N–H and O–H groups in total. The van der Waals surface area contributed by atoms with Gasteiger partial charge >= 0.3 is 0 Å². The molecule has 6 atom stereocenters. The van der Waals surface area contributed by atoms with Gasteiger partial charge in [-0.3, -0.25) is 0 Å². The second-order valence-electron chi connectivity index (χ2n) is 10.4. The van der Waals surface area contributed by atoms with Crippen LogP contribution < -0.4 is 0 Å². The number of aryl methyl sites for hydroxylation is 1. The molecule has 1 aromatic rings. The van der Waals surface area contributed by atoms with Gasteiger partial charge in [-0.05, 0) is 42.5 Å². The quantitative estimate of drug-likeness (QED) is 0.446. The van der Waals surface area contributed by atoms with Crippen molar-refractivity contribution >= 4 is 8.32 Å². The maximum Gasteiger partial charge on any atom is 0.192 e. The number of aliphatic hydroxyl groups is 1. The largest absolute Gasteiger partial charge is 0.411 e. The number of aliphatic hydroxyl groups excluding tert-OH is 1. The first-order chi connectivity index (χ1) is 14.1. The molecule has 1 saturated carbocycles. The molecule has 168 valence electrons. The van der Waals surface area contributed by atoms with Crippen molar-refractivity contribution in [2.24, 2.45) is 11.8 Å². The molecule has 30 heavy (non-hydrogen) atoms. The lowest BCUT2D eigenvalue weighted by Gasteiger charge is -2.39. The first-order valence-corrected chi connectivity index (χ1v) is 14.3. The van der Waals surface area contributed by atoms with E-state index in [0.717, 1.165) is 19.3 Å². The minimum atomic E-state index is -1.90. The van der Waals surface area contributed by atoms with Crippen LogP contribution in [0.5, 0.6) is 0 Å². The Hall–Kier alpha value is -0.983. The van der Waals surface area contributed by atoms with Gasteiger partial charge in [0, 0.05) is 25.9 Å². The summed E-state index contributed by atoms with van der Waals surface area (Å²) >= 11 is 0. The van der Waals surface area contributed by atoms with Crippen molar-refractivity contribution in [1.82, 2.24) is 0 Å². The Morgan fingerprint density at radius 1 is 1.20 bits per heavy atom. The van der Waals surface area contributed by atoms with Gasteiger partial charge in [-0.25, -0.2) is 0 Å². The second-order valence-corrected chi connectivity index (χ2v) is 15.2. The molecule has 1 unspecified atom stereocenters. The SMILES string of the molecule is COC1C[C@@H]2[C@@H](/C=C/[C@H](CCc3ccccc3)O[Si](C)(C)C(C)(C)C)[C@H](O)C[C@@H]2O1. The van der Waals surface area contributed by atoms with Crippen molar-refractivity contribution in [2.75, 3.05) is 7.11 Å². The number of hydrogen-bond donors (Lipinski definition) is 1. The van der Waals surface area contributed by atoms with E-state index < -0.39 is 8.32 Å². The van der Waals surface area contributed by atoms with Crippen molar-refractivity contribution in [3.63, 3.8) is 0 Å². The van der Waals surface area contributed by atoms with Crippen LogP contribution in [0.3, 0.4) is 0 Å². The lowest BCUT2D eigenvalue weighted by Crippen LogP contribution is -2.43. The summed E-state index contributed by atoms with van der Waals surface area (Å²) in [4.78, 5) is 0. The van der Waals surface area contributed by atoms with E-state index in [-0.39, 0.29) is 35.6 Å². The van der Waals surface area contributed by atoms with E-state index in [0.29, 0.717) is 12.3 Å². The van der Waals surface area contributed by atoms with Crippen LogP contribution in [-0.2, 0) is 20.3 Å². The molecule has 4 nitrogen and oxygen atoms in total. The van der Waals surface area contributed by atoms with Crippen LogP contribution in [0, 0.1) is 11.8 Å². The highest BCUT2D eigenvalue weighted by Crippen LogP contribution is 2.44. The highest BCUT2D eigenvalue weighted by Gasteiger charge is 2.48. The number of ether oxygens (including phenoxy) is 2. The smallest absolute Gasteiger partial charge is 0.192 e. The van der Waals surface area contributed by atoms with Crippen LogP contribution in [0.25, 0.3) is 0 Å². The number of rotatable bonds is 8. The van der Waals surface area contributed by atoms with Crippen molar-refractivity contribution in [2.45, 2.75) is 89.2 Å². The molecular formula is C25H40O4Si. The molecule has 1 heterocycles. The van der Waals surface area contributed by atoms with Gasteiger partial charge in [-0.1, -0.05) is 63.3 Å². The molecular weight excluding hydrogens is 392 g/mol. The molecule has 0 aromatic heterocycles. The first-order valence-electron chi connectivity index (χ1n) is 11.4. The topological polar surface area (TPSA) is 47.9 Å². The third-order valence-corrected chi connectivity index (χ3v) is 11.8. The van der Waals surface area contributed by atoms with Gasteiger partial charge in [0.05, 0.1) is 18.3 Å².